The van der Waals surface area contributed by atoms with Crippen molar-refractivity contribution in [3.63, 3.8) is 0 Å². The highest BCUT2D eigenvalue weighted by molar-refractivity contribution is 7.80. The van der Waals surface area contributed by atoms with E-state index in [0.29, 0.717) is 36.4 Å². The van der Waals surface area contributed by atoms with Gasteiger partial charge in [-0.2, -0.15) is 0 Å². The molecule has 0 amide bonds. The topological polar surface area (TPSA) is 83.5 Å². The van der Waals surface area contributed by atoms with E-state index in [1.165, 1.54) is 5.57 Å². The minimum Gasteiger partial charge on any atom is -0.726 e. The first-order valence-corrected chi connectivity index (χ1v) is 10.8. The molecule has 6 atom stereocenters. The maximum atomic E-state index is 12.4. The van der Waals surface area contributed by atoms with Crippen LogP contribution in [-0.2, 0) is 19.4 Å². The van der Waals surface area contributed by atoms with Crippen molar-refractivity contribution >= 4 is 16.2 Å². The Kier molecular flexibility index (Phi) is 3.99. The fraction of sp³-hybridized carbons (Fsp3) is 0.842. The molecule has 2 unspecified atom stereocenters. The Balaban J connectivity index is 1.59. The van der Waals surface area contributed by atoms with Gasteiger partial charge in [-0.3, -0.25) is 8.98 Å². The van der Waals surface area contributed by atoms with Crippen molar-refractivity contribution in [3.8, 4) is 0 Å². The van der Waals surface area contributed by atoms with Crippen LogP contribution < -0.4 is 0 Å². The molecule has 4 aliphatic carbocycles. The smallest absolute Gasteiger partial charge is 0.217 e. The lowest BCUT2D eigenvalue weighted by molar-refractivity contribution is -0.131. The van der Waals surface area contributed by atoms with Gasteiger partial charge < -0.3 is 4.55 Å². The summed E-state index contributed by atoms with van der Waals surface area (Å²) in [7, 11) is -4.65. The molecule has 0 spiro atoms. The summed E-state index contributed by atoms with van der Waals surface area (Å²) < 4.78 is 37.5. The largest absolute Gasteiger partial charge is 0.726 e. The first-order chi connectivity index (χ1) is 11.6. The van der Waals surface area contributed by atoms with E-state index in [2.05, 4.69) is 19.9 Å². The van der Waals surface area contributed by atoms with Crippen LogP contribution in [0.25, 0.3) is 0 Å². The van der Waals surface area contributed by atoms with Crippen LogP contribution in [0.2, 0.25) is 0 Å². The quantitative estimate of drug-likeness (QED) is 0.424. The van der Waals surface area contributed by atoms with Crippen molar-refractivity contribution in [2.24, 2.45) is 28.6 Å². The van der Waals surface area contributed by atoms with Crippen LogP contribution in [0, 0.1) is 28.6 Å². The molecule has 5 nitrogen and oxygen atoms in total. The normalized spacial score (nSPS) is 46.8. The second-order valence-electron chi connectivity index (χ2n) is 9.05. The van der Waals surface area contributed by atoms with Crippen LogP contribution in [0.1, 0.15) is 65.2 Å². The average molecular weight is 367 g/mol. The summed E-state index contributed by atoms with van der Waals surface area (Å²) in [5.41, 5.74) is 1.20. The fourth-order valence-corrected chi connectivity index (χ4v) is 7.14. The van der Waals surface area contributed by atoms with Crippen LogP contribution >= 0.6 is 0 Å². The van der Waals surface area contributed by atoms with Crippen molar-refractivity contribution in [2.75, 3.05) is 0 Å². The second-order valence-corrected chi connectivity index (χ2v) is 10.1. The Morgan fingerprint density at radius 2 is 1.80 bits per heavy atom. The highest BCUT2D eigenvalue weighted by Crippen LogP contribution is 2.64. The second kappa shape index (κ2) is 5.64. The monoisotopic (exact) mass is 367 g/mol. The van der Waals surface area contributed by atoms with Gasteiger partial charge in [-0.1, -0.05) is 25.5 Å². The Bertz CT molecular complexity index is 726. The van der Waals surface area contributed by atoms with Crippen LogP contribution in [0.4, 0.5) is 0 Å². The Hall–Kier alpha value is -0.720. The summed E-state index contributed by atoms with van der Waals surface area (Å²) in [5, 5.41) is 0. The lowest BCUT2D eigenvalue weighted by Crippen LogP contribution is -2.50. The molecular formula is C19H27O5S-. The summed E-state index contributed by atoms with van der Waals surface area (Å²) >= 11 is 0. The molecule has 0 aromatic carbocycles. The summed E-state index contributed by atoms with van der Waals surface area (Å²) in [6.45, 7) is 4.48. The van der Waals surface area contributed by atoms with E-state index in [1.54, 1.807) is 0 Å². The number of Topliss-reactive ketones (excluding diaryl/α,β-unsaturated/α-hetero) is 1. The first kappa shape index (κ1) is 17.7. The van der Waals surface area contributed by atoms with Gasteiger partial charge in [0.15, 0.2) is 0 Å². The molecule has 0 bridgehead atoms. The molecule has 3 saturated carbocycles. The maximum absolute atomic E-state index is 12.4. The van der Waals surface area contributed by atoms with Gasteiger partial charge >= 0.3 is 0 Å². The summed E-state index contributed by atoms with van der Waals surface area (Å²) in [6, 6.07) is 0. The SMILES string of the molecule is C[C@]12CC[C@H](OS(=O)(=O)[O-])CC1=CCC1C2CC[C@]2(C)C(=O)CC[C@@H]12. The van der Waals surface area contributed by atoms with Gasteiger partial charge in [-0.05, 0) is 68.1 Å². The lowest BCUT2D eigenvalue weighted by Gasteiger charge is -2.57. The van der Waals surface area contributed by atoms with Gasteiger partial charge in [0.1, 0.15) is 5.78 Å². The van der Waals surface area contributed by atoms with E-state index in [9.17, 15) is 17.8 Å². The molecule has 0 aromatic heterocycles. The Labute approximate surface area is 150 Å². The number of allylic oxidation sites excluding steroid dienone is 1. The van der Waals surface area contributed by atoms with E-state index in [-0.39, 0.29) is 10.8 Å². The third-order valence-corrected chi connectivity index (χ3v) is 8.53. The van der Waals surface area contributed by atoms with Crippen molar-refractivity contribution in [1.82, 2.24) is 0 Å². The predicted octanol–water partition coefficient (Wildman–Crippen LogP) is 3.36. The molecule has 0 N–H and O–H groups in total. The highest BCUT2D eigenvalue weighted by Gasteiger charge is 2.58. The summed E-state index contributed by atoms with van der Waals surface area (Å²) in [5.74, 6) is 2.05. The molecule has 4 rings (SSSR count). The number of carbonyl (C=O) groups excluding carboxylic acids is 1. The van der Waals surface area contributed by atoms with Gasteiger partial charge in [0.05, 0.1) is 6.10 Å². The molecule has 0 aromatic rings. The van der Waals surface area contributed by atoms with E-state index in [1.807, 2.05) is 0 Å². The van der Waals surface area contributed by atoms with Crippen LogP contribution in [0.5, 0.6) is 0 Å². The molecule has 0 heterocycles. The van der Waals surface area contributed by atoms with E-state index in [0.717, 1.165) is 38.5 Å². The molecule has 140 valence electrons. The molecular weight excluding hydrogens is 340 g/mol. The van der Waals surface area contributed by atoms with Gasteiger partial charge in [-0.25, -0.2) is 8.42 Å². The number of carbonyl (C=O) groups is 1. The molecule has 0 aliphatic heterocycles. The highest BCUT2D eigenvalue weighted by atomic mass is 32.3. The summed E-state index contributed by atoms with van der Waals surface area (Å²) in [6.07, 6.45) is 8.55. The van der Waals surface area contributed by atoms with Crippen LogP contribution in [-0.4, -0.2) is 24.9 Å². The minimum absolute atomic E-state index is 0.0579. The molecule has 0 saturated heterocycles. The van der Waals surface area contributed by atoms with E-state index >= 15 is 0 Å². The zero-order valence-electron chi connectivity index (χ0n) is 15.0. The number of ketones is 1. The molecule has 3 fully saturated rings. The average Bonchev–Trinajstić information content (AvgIpc) is 2.82. The van der Waals surface area contributed by atoms with E-state index in [4.69, 9.17) is 4.18 Å². The number of fused-ring (bicyclic) bond motifs is 5. The Morgan fingerprint density at radius 3 is 2.52 bits per heavy atom. The lowest BCUT2D eigenvalue weighted by atomic mass is 9.48. The van der Waals surface area contributed by atoms with Crippen molar-refractivity contribution in [2.45, 2.75) is 71.3 Å². The standard InChI is InChI=1S/C19H28O5S/c1-18-9-7-13(24-25(21,22)23)11-12(18)3-4-14-15-5-6-17(20)19(15,2)10-8-16(14)18/h3,13-16H,4-11H2,1-2H3,(H,21,22,23)/p-1/t13-,14?,15-,16?,18-,19-/m0/s1. The summed E-state index contributed by atoms with van der Waals surface area (Å²) in [4.78, 5) is 12.4. The zero-order chi connectivity index (χ0) is 18.0. The minimum atomic E-state index is -4.65. The number of hydrogen-bond acceptors (Lipinski definition) is 5. The van der Waals surface area contributed by atoms with Crippen LogP contribution in [0.15, 0.2) is 11.6 Å². The van der Waals surface area contributed by atoms with Crippen molar-refractivity contribution < 1.29 is 21.9 Å². The van der Waals surface area contributed by atoms with Gasteiger partial charge in [0.2, 0.25) is 10.4 Å². The van der Waals surface area contributed by atoms with Gasteiger partial charge in [0.25, 0.3) is 0 Å². The third kappa shape index (κ3) is 2.72. The third-order valence-electron chi connectivity index (χ3n) is 8.02. The van der Waals surface area contributed by atoms with Crippen molar-refractivity contribution in [1.29, 1.82) is 0 Å². The zero-order valence-corrected chi connectivity index (χ0v) is 15.8. The Morgan fingerprint density at radius 1 is 1.12 bits per heavy atom. The maximum Gasteiger partial charge on any atom is 0.217 e. The van der Waals surface area contributed by atoms with Gasteiger partial charge in [-0.15, -0.1) is 0 Å². The van der Waals surface area contributed by atoms with E-state index < -0.39 is 16.5 Å². The van der Waals surface area contributed by atoms with Gasteiger partial charge in [0, 0.05) is 11.8 Å². The number of rotatable bonds is 2. The predicted molar refractivity (Wildman–Crippen MR) is 91.3 cm³/mol. The first-order valence-electron chi connectivity index (χ1n) is 9.50. The van der Waals surface area contributed by atoms with Crippen molar-refractivity contribution in [3.05, 3.63) is 11.6 Å². The number of hydrogen-bond donors (Lipinski definition) is 0. The molecule has 0 radical (unpaired) electrons. The van der Waals surface area contributed by atoms with Crippen LogP contribution in [0.3, 0.4) is 0 Å². The fourth-order valence-electron chi connectivity index (χ4n) is 6.65. The molecule has 4 aliphatic rings. The molecule has 25 heavy (non-hydrogen) atoms. The molecule has 6 heteroatoms.